The van der Waals surface area contributed by atoms with E-state index in [0.717, 1.165) is 23.7 Å². The van der Waals surface area contributed by atoms with Gasteiger partial charge in [-0.25, -0.2) is 4.98 Å². The number of pyridine rings is 1. The second-order valence-electron chi connectivity index (χ2n) is 7.47. The number of hydrogen-bond acceptors (Lipinski definition) is 5. The van der Waals surface area contributed by atoms with E-state index in [1.165, 1.54) is 0 Å². The molecule has 1 aromatic carbocycles. The number of anilines is 2. The first-order valence-corrected chi connectivity index (χ1v) is 11.9. The van der Waals surface area contributed by atoms with Crippen LogP contribution in [0.15, 0.2) is 54.0 Å². The summed E-state index contributed by atoms with van der Waals surface area (Å²) in [6, 6.07) is 12.6. The second-order valence-corrected chi connectivity index (χ2v) is 9.34. The monoisotopic (exact) mass is 488 g/mol. The van der Waals surface area contributed by atoms with Gasteiger partial charge in [0.1, 0.15) is 5.82 Å². The minimum Gasteiger partial charge on any atom is -0.355 e. The Morgan fingerprint density at radius 2 is 1.94 bits per heavy atom. The standard InChI is InChI=1S/C23H22Cl2N4O2S/c24-16-4-6-19(20(25)13-16)23(31)29-9-2-8-28(10-11-29)21-7-5-17(15-26-21)27-22(30)14-18-3-1-12-32-18/h1,3-7,12-13,15H,2,8-11,14H2,(H,27,30). The fourth-order valence-electron chi connectivity index (χ4n) is 3.61. The molecule has 0 spiro atoms. The molecule has 1 aliphatic heterocycles. The summed E-state index contributed by atoms with van der Waals surface area (Å²) < 4.78 is 0. The van der Waals surface area contributed by atoms with E-state index in [-0.39, 0.29) is 11.8 Å². The van der Waals surface area contributed by atoms with Crippen LogP contribution in [0, 0.1) is 0 Å². The summed E-state index contributed by atoms with van der Waals surface area (Å²) >= 11 is 13.7. The zero-order chi connectivity index (χ0) is 22.5. The number of carbonyl (C=O) groups excluding carboxylic acids is 2. The van der Waals surface area contributed by atoms with Gasteiger partial charge in [0.15, 0.2) is 0 Å². The molecule has 166 valence electrons. The molecule has 2 aromatic heterocycles. The largest absolute Gasteiger partial charge is 0.355 e. The molecule has 3 heterocycles. The molecule has 0 atom stereocenters. The Balaban J connectivity index is 1.34. The van der Waals surface area contributed by atoms with Gasteiger partial charge in [-0.1, -0.05) is 29.3 Å². The number of halogens is 2. The molecule has 1 aliphatic rings. The van der Waals surface area contributed by atoms with Crippen molar-refractivity contribution in [3.8, 4) is 0 Å². The van der Waals surface area contributed by atoms with E-state index in [1.807, 2.05) is 34.5 Å². The van der Waals surface area contributed by atoms with Crippen LogP contribution < -0.4 is 10.2 Å². The Kier molecular flexibility index (Phi) is 7.29. The van der Waals surface area contributed by atoms with Gasteiger partial charge in [0.25, 0.3) is 5.91 Å². The molecule has 4 rings (SSSR count). The van der Waals surface area contributed by atoms with Crippen molar-refractivity contribution in [2.45, 2.75) is 12.8 Å². The van der Waals surface area contributed by atoms with Crippen molar-refractivity contribution in [3.05, 3.63) is 74.5 Å². The number of benzene rings is 1. The molecule has 1 fully saturated rings. The number of nitrogens with one attached hydrogen (secondary N) is 1. The average Bonchev–Trinajstić information content (AvgIpc) is 3.15. The van der Waals surface area contributed by atoms with Gasteiger partial charge in [-0.05, 0) is 48.2 Å². The fourth-order valence-corrected chi connectivity index (χ4v) is 4.80. The van der Waals surface area contributed by atoms with E-state index in [2.05, 4.69) is 15.2 Å². The highest BCUT2D eigenvalue weighted by atomic mass is 35.5. The number of nitrogens with zero attached hydrogens (tertiary/aromatic N) is 3. The Hall–Kier alpha value is -2.61. The maximum absolute atomic E-state index is 12.9. The fraction of sp³-hybridized carbons (Fsp3) is 0.261. The normalized spacial score (nSPS) is 14.2. The quantitative estimate of drug-likeness (QED) is 0.549. The van der Waals surface area contributed by atoms with Crippen molar-refractivity contribution in [2.24, 2.45) is 0 Å². The number of thiophene rings is 1. The van der Waals surface area contributed by atoms with Crippen molar-refractivity contribution in [3.63, 3.8) is 0 Å². The van der Waals surface area contributed by atoms with Gasteiger partial charge in [-0.3, -0.25) is 9.59 Å². The molecule has 2 amide bonds. The van der Waals surface area contributed by atoms with E-state index in [4.69, 9.17) is 23.2 Å². The lowest BCUT2D eigenvalue weighted by molar-refractivity contribution is -0.115. The van der Waals surface area contributed by atoms with Crippen LogP contribution in [-0.4, -0.2) is 47.9 Å². The molecule has 9 heteroatoms. The summed E-state index contributed by atoms with van der Waals surface area (Å²) in [7, 11) is 0. The van der Waals surface area contributed by atoms with Crippen LogP contribution in [0.4, 0.5) is 11.5 Å². The summed E-state index contributed by atoms with van der Waals surface area (Å²) in [5.41, 5.74) is 1.13. The smallest absolute Gasteiger partial charge is 0.255 e. The lowest BCUT2D eigenvalue weighted by Gasteiger charge is -2.23. The minimum absolute atomic E-state index is 0.0632. The van der Waals surface area contributed by atoms with Gasteiger partial charge in [-0.2, -0.15) is 0 Å². The number of amides is 2. The molecular weight excluding hydrogens is 467 g/mol. The molecule has 1 saturated heterocycles. The Morgan fingerprint density at radius 1 is 1.06 bits per heavy atom. The van der Waals surface area contributed by atoms with E-state index >= 15 is 0 Å². The van der Waals surface area contributed by atoms with Crippen molar-refractivity contribution in [1.29, 1.82) is 0 Å². The number of carbonyl (C=O) groups is 2. The lowest BCUT2D eigenvalue weighted by atomic mass is 10.2. The van der Waals surface area contributed by atoms with Gasteiger partial charge in [0.2, 0.25) is 5.91 Å². The first-order chi connectivity index (χ1) is 15.5. The van der Waals surface area contributed by atoms with E-state index in [0.29, 0.717) is 47.4 Å². The Bertz CT molecular complexity index is 1090. The van der Waals surface area contributed by atoms with Gasteiger partial charge in [0.05, 0.1) is 28.9 Å². The highest BCUT2D eigenvalue weighted by molar-refractivity contribution is 7.10. The van der Waals surface area contributed by atoms with Crippen molar-refractivity contribution in [1.82, 2.24) is 9.88 Å². The molecular formula is C23H22Cl2N4O2S. The van der Waals surface area contributed by atoms with Crippen LogP contribution >= 0.6 is 34.5 Å². The molecule has 1 N–H and O–H groups in total. The third kappa shape index (κ3) is 5.59. The Morgan fingerprint density at radius 3 is 2.66 bits per heavy atom. The summed E-state index contributed by atoms with van der Waals surface area (Å²) in [6.07, 6.45) is 2.84. The number of aromatic nitrogens is 1. The highest BCUT2D eigenvalue weighted by Crippen LogP contribution is 2.23. The van der Waals surface area contributed by atoms with Crippen LogP contribution in [0.25, 0.3) is 0 Å². The van der Waals surface area contributed by atoms with E-state index in [1.54, 1.807) is 35.7 Å². The topological polar surface area (TPSA) is 65.5 Å². The van der Waals surface area contributed by atoms with Crippen molar-refractivity contribution >= 4 is 57.9 Å². The average molecular weight is 489 g/mol. The van der Waals surface area contributed by atoms with Crippen molar-refractivity contribution in [2.75, 3.05) is 36.4 Å². The maximum Gasteiger partial charge on any atom is 0.255 e. The van der Waals surface area contributed by atoms with Gasteiger partial charge in [-0.15, -0.1) is 11.3 Å². The minimum atomic E-state index is -0.0923. The first-order valence-electron chi connectivity index (χ1n) is 10.3. The number of rotatable bonds is 5. The Labute approximate surface area is 200 Å². The van der Waals surface area contributed by atoms with Crippen LogP contribution in [0.5, 0.6) is 0 Å². The van der Waals surface area contributed by atoms with Gasteiger partial charge >= 0.3 is 0 Å². The predicted molar refractivity (Wildman–Crippen MR) is 130 cm³/mol. The summed E-state index contributed by atoms with van der Waals surface area (Å²) in [5.74, 6) is 0.664. The van der Waals surface area contributed by atoms with Gasteiger partial charge < -0.3 is 15.1 Å². The van der Waals surface area contributed by atoms with Crippen LogP contribution in [0.2, 0.25) is 10.0 Å². The lowest BCUT2D eigenvalue weighted by Crippen LogP contribution is -2.35. The molecule has 0 aliphatic carbocycles. The second kappa shape index (κ2) is 10.3. The number of hydrogen-bond donors (Lipinski definition) is 1. The predicted octanol–water partition coefficient (Wildman–Crippen LogP) is 4.98. The van der Waals surface area contributed by atoms with Crippen LogP contribution in [0.1, 0.15) is 21.7 Å². The third-order valence-corrected chi connectivity index (χ3v) is 6.64. The first kappa shape index (κ1) is 22.6. The zero-order valence-corrected chi connectivity index (χ0v) is 19.6. The maximum atomic E-state index is 12.9. The van der Waals surface area contributed by atoms with Crippen LogP contribution in [-0.2, 0) is 11.2 Å². The van der Waals surface area contributed by atoms with Crippen molar-refractivity contribution < 1.29 is 9.59 Å². The molecule has 0 unspecified atom stereocenters. The van der Waals surface area contributed by atoms with Crippen LogP contribution in [0.3, 0.4) is 0 Å². The summed E-state index contributed by atoms with van der Waals surface area (Å²) in [5, 5.41) is 5.71. The third-order valence-electron chi connectivity index (χ3n) is 5.22. The molecule has 32 heavy (non-hydrogen) atoms. The zero-order valence-electron chi connectivity index (χ0n) is 17.3. The molecule has 0 bridgehead atoms. The van der Waals surface area contributed by atoms with E-state index < -0.39 is 0 Å². The molecule has 6 nitrogen and oxygen atoms in total. The van der Waals surface area contributed by atoms with Gasteiger partial charge in [0, 0.05) is 36.1 Å². The summed E-state index contributed by atoms with van der Waals surface area (Å²) in [6.45, 7) is 2.66. The van der Waals surface area contributed by atoms with E-state index in [9.17, 15) is 9.59 Å². The summed E-state index contributed by atoms with van der Waals surface area (Å²) in [4.78, 5) is 34.6. The molecule has 0 saturated carbocycles. The molecule has 0 radical (unpaired) electrons. The SMILES string of the molecule is O=C(Cc1cccs1)Nc1ccc(N2CCCN(C(=O)c3ccc(Cl)cc3Cl)CC2)nc1. The molecule has 3 aromatic rings. The highest BCUT2D eigenvalue weighted by Gasteiger charge is 2.22.